The van der Waals surface area contributed by atoms with Gasteiger partial charge >= 0.3 is 6.18 Å². The third-order valence-corrected chi connectivity index (χ3v) is 10.8. The van der Waals surface area contributed by atoms with Gasteiger partial charge in [-0.05, 0) is 100.0 Å². The summed E-state index contributed by atoms with van der Waals surface area (Å²) in [5.41, 5.74) is 1.66. The number of aliphatic hydroxyl groups excluding tert-OH is 2. The molecule has 9 nitrogen and oxygen atoms in total. The van der Waals surface area contributed by atoms with Gasteiger partial charge in [0.1, 0.15) is 29.8 Å². The van der Waals surface area contributed by atoms with E-state index in [4.69, 9.17) is 14.8 Å². The molecule has 1 saturated heterocycles. The number of rotatable bonds is 11. The SMILES string of the molecule is Cc1cc(OC[C@H](O)CO)cc(C)c1CCS(=O)(=O)N1CCC2(CC1)N=C(C1CCC(CCC(F)(F)F)CC1)NC2=O. The maximum absolute atomic E-state index is 13.2. The quantitative estimate of drug-likeness (QED) is 0.349. The largest absolute Gasteiger partial charge is 0.491 e. The zero-order chi connectivity index (χ0) is 30.7. The van der Waals surface area contributed by atoms with E-state index in [0.717, 1.165) is 16.7 Å². The van der Waals surface area contributed by atoms with E-state index in [-0.39, 0.29) is 62.5 Å². The van der Waals surface area contributed by atoms with E-state index in [1.165, 1.54) is 4.31 Å². The second kappa shape index (κ2) is 13.2. The predicted octanol–water partition coefficient (Wildman–Crippen LogP) is 3.42. The molecular formula is C29H42F3N3O6S. The predicted molar refractivity (Wildman–Crippen MR) is 152 cm³/mol. The fourth-order valence-corrected chi connectivity index (χ4v) is 7.80. The second-order valence-electron chi connectivity index (χ2n) is 12.0. The van der Waals surface area contributed by atoms with Gasteiger partial charge in [-0.15, -0.1) is 0 Å². The minimum absolute atomic E-state index is 0.0141. The maximum atomic E-state index is 13.2. The van der Waals surface area contributed by atoms with Crippen molar-refractivity contribution in [3.05, 3.63) is 28.8 Å². The van der Waals surface area contributed by atoms with Gasteiger partial charge < -0.3 is 20.3 Å². The Balaban J connectivity index is 1.30. The highest BCUT2D eigenvalue weighted by atomic mass is 32.2. The van der Waals surface area contributed by atoms with Crippen LogP contribution < -0.4 is 10.1 Å². The number of aryl methyl sites for hydroxylation is 2. The number of hydrogen-bond donors (Lipinski definition) is 3. The van der Waals surface area contributed by atoms with Crippen LogP contribution in [0.15, 0.2) is 17.1 Å². The molecule has 4 rings (SSSR count). The number of carbonyl (C=O) groups is 1. The minimum atomic E-state index is -4.14. The zero-order valence-electron chi connectivity index (χ0n) is 24.3. The van der Waals surface area contributed by atoms with Gasteiger partial charge in [0, 0.05) is 25.4 Å². The van der Waals surface area contributed by atoms with Gasteiger partial charge in [0.25, 0.3) is 5.91 Å². The van der Waals surface area contributed by atoms with E-state index in [2.05, 4.69) is 5.32 Å². The van der Waals surface area contributed by atoms with E-state index in [1.54, 1.807) is 12.1 Å². The van der Waals surface area contributed by atoms with Crippen LogP contribution >= 0.6 is 0 Å². The van der Waals surface area contributed by atoms with E-state index in [9.17, 15) is 31.5 Å². The van der Waals surface area contributed by atoms with Crippen LogP contribution in [0.4, 0.5) is 13.2 Å². The molecule has 3 aliphatic rings. The van der Waals surface area contributed by atoms with Crippen LogP contribution in [0, 0.1) is 25.7 Å². The molecule has 2 heterocycles. The number of amides is 1. The molecule has 42 heavy (non-hydrogen) atoms. The summed E-state index contributed by atoms with van der Waals surface area (Å²) in [6, 6.07) is 3.57. The number of benzene rings is 1. The van der Waals surface area contributed by atoms with Gasteiger partial charge in [0.05, 0.1) is 12.4 Å². The summed E-state index contributed by atoms with van der Waals surface area (Å²) in [5, 5.41) is 21.4. The molecule has 1 atom stereocenters. The topological polar surface area (TPSA) is 129 Å². The molecule has 1 saturated carbocycles. The number of hydrogen-bond acceptors (Lipinski definition) is 7. The molecule has 1 aliphatic carbocycles. The van der Waals surface area contributed by atoms with Crippen LogP contribution in [0.2, 0.25) is 0 Å². The molecule has 2 fully saturated rings. The molecule has 3 N–H and O–H groups in total. The third-order valence-electron chi connectivity index (χ3n) is 8.94. The highest BCUT2D eigenvalue weighted by molar-refractivity contribution is 7.89. The van der Waals surface area contributed by atoms with Crippen LogP contribution in [-0.4, -0.2) is 84.6 Å². The molecular weight excluding hydrogens is 575 g/mol. The Morgan fingerprint density at radius 3 is 2.33 bits per heavy atom. The molecule has 1 spiro atoms. The lowest BCUT2D eigenvalue weighted by Gasteiger charge is -2.34. The summed E-state index contributed by atoms with van der Waals surface area (Å²) >= 11 is 0. The average Bonchev–Trinajstić information content (AvgIpc) is 3.25. The molecule has 2 aliphatic heterocycles. The Morgan fingerprint density at radius 2 is 1.76 bits per heavy atom. The number of carbonyl (C=O) groups excluding carboxylic acids is 1. The van der Waals surface area contributed by atoms with Crippen LogP contribution in [0.5, 0.6) is 5.75 Å². The van der Waals surface area contributed by atoms with Crippen LogP contribution in [0.25, 0.3) is 0 Å². The second-order valence-corrected chi connectivity index (χ2v) is 14.1. The van der Waals surface area contributed by atoms with E-state index < -0.39 is 40.9 Å². The molecule has 13 heteroatoms. The summed E-state index contributed by atoms with van der Waals surface area (Å²) in [6.07, 6.45) is -2.13. The van der Waals surface area contributed by atoms with E-state index >= 15 is 0 Å². The van der Waals surface area contributed by atoms with E-state index in [1.807, 2.05) is 13.8 Å². The van der Waals surface area contributed by atoms with Crippen molar-refractivity contribution in [1.82, 2.24) is 9.62 Å². The van der Waals surface area contributed by atoms with Gasteiger partial charge in [-0.25, -0.2) is 12.7 Å². The summed E-state index contributed by atoms with van der Waals surface area (Å²) in [6.45, 7) is 3.68. The normalized spacial score (nSPS) is 24.0. The fourth-order valence-electron chi connectivity index (χ4n) is 6.34. The van der Waals surface area contributed by atoms with Gasteiger partial charge in [0.15, 0.2) is 0 Å². The highest BCUT2D eigenvalue weighted by Crippen LogP contribution is 2.38. The molecule has 0 aromatic heterocycles. The number of aliphatic hydroxyl groups is 2. The van der Waals surface area contributed by atoms with Crippen molar-refractivity contribution in [2.75, 3.05) is 32.1 Å². The Bertz CT molecular complexity index is 1230. The molecule has 1 amide bonds. The smallest absolute Gasteiger partial charge is 0.389 e. The number of piperidine rings is 1. The minimum Gasteiger partial charge on any atom is -0.491 e. The number of nitrogens with one attached hydrogen (secondary N) is 1. The molecule has 0 radical (unpaired) electrons. The first-order valence-corrected chi connectivity index (χ1v) is 16.3. The van der Waals surface area contributed by atoms with Gasteiger partial charge in [0.2, 0.25) is 10.0 Å². The third kappa shape index (κ3) is 8.03. The monoisotopic (exact) mass is 617 g/mol. The zero-order valence-corrected chi connectivity index (χ0v) is 25.1. The van der Waals surface area contributed by atoms with Crippen LogP contribution in [0.1, 0.15) is 68.1 Å². The number of nitrogens with zero attached hydrogens (tertiary/aromatic N) is 2. The van der Waals surface area contributed by atoms with Crippen molar-refractivity contribution in [3.63, 3.8) is 0 Å². The lowest BCUT2D eigenvalue weighted by Crippen LogP contribution is -2.51. The van der Waals surface area contributed by atoms with Crippen molar-refractivity contribution in [2.24, 2.45) is 16.8 Å². The number of amidine groups is 1. The Hall–Kier alpha value is -2.22. The molecule has 236 valence electrons. The standard InChI is InChI=1S/C29H42F3N3O6S/c1-19-15-24(41-18-23(37)17-36)16-20(2)25(19)8-14-42(39,40)35-12-10-28(11-13-35)27(38)33-26(34-28)22-5-3-21(4-6-22)7-9-29(30,31)32/h15-16,21-23,36-37H,3-14,17-18H2,1-2H3,(H,33,34,38)/t21?,22?,23-/m1/s1. The number of halogens is 3. The van der Waals surface area contributed by atoms with Gasteiger partial charge in [-0.2, -0.15) is 13.2 Å². The Morgan fingerprint density at radius 1 is 1.14 bits per heavy atom. The number of sulfonamides is 1. The van der Waals surface area contributed by atoms with Gasteiger partial charge in [-0.1, -0.05) is 0 Å². The van der Waals surface area contributed by atoms with Crippen LogP contribution in [-0.2, 0) is 21.2 Å². The lowest BCUT2D eigenvalue weighted by atomic mass is 9.79. The number of ether oxygens (including phenoxy) is 1. The van der Waals surface area contributed by atoms with Crippen LogP contribution in [0.3, 0.4) is 0 Å². The van der Waals surface area contributed by atoms with Crippen molar-refractivity contribution < 1.29 is 41.3 Å². The fraction of sp³-hybridized carbons (Fsp3) is 0.724. The van der Waals surface area contributed by atoms with Crippen molar-refractivity contribution in [2.45, 2.75) is 89.5 Å². The number of alkyl halides is 3. The summed E-state index contributed by atoms with van der Waals surface area (Å²) in [4.78, 5) is 17.8. The van der Waals surface area contributed by atoms with Gasteiger partial charge in [-0.3, -0.25) is 9.79 Å². The van der Waals surface area contributed by atoms with Crippen molar-refractivity contribution in [3.8, 4) is 5.75 Å². The molecule has 1 aromatic carbocycles. The molecule has 0 unspecified atom stereocenters. The summed E-state index contributed by atoms with van der Waals surface area (Å²) < 4.78 is 71.2. The molecule has 1 aromatic rings. The molecule has 0 bridgehead atoms. The Labute approximate surface area is 245 Å². The van der Waals surface area contributed by atoms with E-state index in [0.29, 0.717) is 43.7 Å². The van der Waals surface area contributed by atoms with Crippen molar-refractivity contribution >= 4 is 21.8 Å². The summed E-state index contributed by atoms with van der Waals surface area (Å²) in [7, 11) is -3.59. The lowest BCUT2D eigenvalue weighted by molar-refractivity contribution is -0.138. The first-order valence-electron chi connectivity index (χ1n) is 14.7. The first-order chi connectivity index (χ1) is 19.7. The Kier molecular flexibility index (Phi) is 10.3. The first kappa shape index (κ1) is 32.7. The van der Waals surface area contributed by atoms with Crippen molar-refractivity contribution in [1.29, 1.82) is 0 Å². The summed E-state index contributed by atoms with van der Waals surface area (Å²) in [5.74, 6) is 0.898. The number of aliphatic imine (C=N–C) groups is 1. The average molecular weight is 618 g/mol. The maximum Gasteiger partial charge on any atom is 0.389 e. The highest BCUT2D eigenvalue weighted by Gasteiger charge is 2.48.